The molecular formula is C16H16Cl2FN. The van der Waals surface area contributed by atoms with Crippen molar-refractivity contribution in [1.82, 2.24) is 5.32 Å². The Balaban J connectivity index is 2.20. The summed E-state index contributed by atoms with van der Waals surface area (Å²) in [5.74, 6) is -0.387. The molecule has 0 heterocycles. The maximum atomic E-state index is 13.2. The maximum Gasteiger partial charge on any atom is 0.141 e. The van der Waals surface area contributed by atoms with Crippen LogP contribution in [0, 0.1) is 5.82 Å². The number of hydrogen-bond donors (Lipinski definition) is 1. The highest BCUT2D eigenvalue weighted by Gasteiger charge is 2.12. The Morgan fingerprint density at radius 3 is 2.40 bits per heavy atom. The van der Waals surface area contributed by atoms with Gasteiger partial charge in [-0.05, 0) is 48.4 Å². The van der Waals surface area contributed by atoms with E-state index in [1.807, 2.05) is 24.3 Å². The minimum absolute atomic E-state index is 0.152. The van der Waals surface area contributed by atoms with Crippen LogP contribution in [0.1, 0.15) is 24.1 Å². The van der Waals surface area contributed by atoms with Crippen molar-refractivity contribution < 1.29 is 4.39 Å². The molecule has 0 saturated carbocycles. The van der Waals surface area contributed by atoms with E-state index < -0.39 is 0 Å². The van der Waals surface area contributed by atoms with Crippen LogP contribution in [0.5, 0.6) is 0 Å². The number of nitrogens with one attached hydrogen (secondary N) is 1. The molecule has 1 nitrogen and oxygen atoms in total. The second-order valence-corrected chi connectivity index (χ2v) is 5.46. The minimum Gasteiger partial charge on any atom is -0.310 e. The smallest absolute Gasteiger partial charge is 0.141 e. The van der Waals surface area contributed by atoms with Gasteiger partial charge in [0.25, 0.3) is 0 Å². The summed E-state index contributed by atoms with van der Waals surface area (Å²) in [4.78, 5) is 0. The molecule has 0 spiro atoms. The molecule has 2 rings (SSSR count). The Morgan fingerprint density at radius 2 is 1.80 bits per heavy atom. The zero-order valence-corrected chi connectivity index (χ0v) is 12.7. The normalized spacial score (nSPS) is 12.4. The lowest BCUT2D eigenvalue weighted by molar-refractivity contribution is 0.549. The molecule has 0 amide bonds. The molecule has 1 atom stereocenters. The number of likely N-dealkylation sites (N-methyl/N-ethyl adjacent to an activating group) is 1. The van der Waals surface area contributed by atoms with Gasteiger partial charge in [-0.25, -0.2) is 4.39 Å². The van der Waals surface area contributed by atoms with E-state index in [1.165, 1.54) is 6.07 Å². The highest BCUT2D eigenvalue weighted by molar-refractivity contribution is 6.31. The Morgan fingerprint density at radius 1 is 1.10 bits per heavy atom. The van der Waals surface area contributed by atoms with Crippen LogP contribution in [0.3, 0.4) is 0 Å². The van der Waals surface area contributed by atoms with E-state index in [0.29, 0.717) is 5.02 Å². The third-order valence-electron chi connectivity index (χ3n) is 3.15. The van der Waals surface area contributed by atoms with Gasteiger partial charge in [-0.15, -0.1) is 0 Å². The first-order valence-corrected chi connectivity index (χ1v) is 7.28. The van der Waals surface area contributed by atoms with Gasteiger partial charge >= 0.3 is 0 Å². The zero-order chi connectivity index (χ0) is 14.5. The Kier molecular flexibility index (Phi) is 5.41. The van der Waals surface area contributed by atoms with Crippen LogP contribution in [0.4, 0.5) is 4.39 Å². The van der Waals surface area contributed by atoms with Crippen LogP contribution >= 0.6 is 23.2 Å². The predicted octanol–water partition coefficient (Wildman–Crippen LogP) is 5.03. The summed E-state index contributed by atoms with van der Waals surface area (Å²) in [5, 5.41) is 4.30. The largest absolute Gasteiger partial charge is 0.310 e. The number of hydrogen-bond acceptors (Lipinski definition) is 1. The van der Waals surface area contributed by atoms with E-state index in [1.54, 1.807) is 12.1 Å². The maximum absolute atomic E-state index is 13.2. The molecule has 4 heteroatoms. The van der Waals surface area contributed by atoms with Gasteiger partial charge < -0.3 is 5.32 Å². The molecule has 20 heavy (non-hydrogen) atoms. The first-order chi connectivity index (χ1) is 9.60. The van der Waals surface area contributed by atoms with Crippen LogP contribution in [-0.4, -0.2) is 6.54 Å². The molecule has 0 fully saturated rings. The fourth-order valence-corrected chi connectivity index (χ4v) is 2.48. The lowest BCUT2D eigenvalue weighted by Crippen LogP contribution is -2.22. The Bertz CT molecular complexity index is 569. The van der Waals surface area contributed by atoms with E-state index in [2.05, 4.69) is 12.2 Å². The summed E-state index contributed by atoms with van der Waals surface area (Å²) < 4.78 is 13.2. The molecule has 2 aromatic rings. The molecule has 1 N–H and O–H groups in total. The van der Waals surface area contributed by atoms with E-state index in [9.17, 15) is 4.39 Å². The van der Waals surface area contributed by atoms with Crippen molar-refractivity contribution in [2.45, 2.75) is 19.4 Å². The van der Waals surface area contributed by atoms with Crippen LogP contribution < -0.4 is 5.32 Å². The summed E-state index contributed by atoms with van der Waals surface area (Å²) >= 11 is 11.7. The molecule has 0 aromatic heterocycles. The predicted molar refractivity (Wildman–Crippen MR) is 83.0 cm³/mol. The number of benzene rings is 2. The van der Waals surface area contributed by atoms with E-state index >= 15 is 0 Å². The van der Waals surface area contributed by atoms with Gasteiger partial charge in [0.1, 0.15) is 5.82 Å². The van der Waals surface area contributed by atoms with Gasteiger partial charge in [0.15, 0.2) is 0 Å². The van der Waals surface area contributed by atoms with Crippen molar-refractivity contribution in [1.29, 1.82) is 0 Å². The lowest BCUT2D eigenvalue weighted by atomic mass is 9.99. The lowest BCUT2D eigenvalue weighted by Gasteiger charge is -2.19. The van der Waals surface area contributed by atoms with Gasteiger partial charge in [-0.3, -0.25) is 0 Å². The van der Waals surface area contributed by atoms with E-state index in [-0.39, 0.29) is 16.9 Å². The molecule has 2 aromatic carbocycles. The van der Waals surface area contributed by atoms with E-state index in [4.69, 9.17) is 23.2 Å². The average Bonchev–Trinajstić information content (AvgIpc) is 2.43. The van der Waals surface area contributed by atoms with Crippen molar-refractivity contribution >= 4 is 23.2 Å². The minimum atomic E-state index is -0.387. The second-order valence-electron chi connectivity index (χ2n) is 4.61. The molecule has 1 unspecified atom stereocenters. The van der Waals surface area contributed by atoms with Crippen molar-refractivity contribution in [2.75, 3.05) is 6.54 Å². The summed E-state index contributed by atoms with van der Waals surface area (Å²) in [6, 6.07) is 12.7. The molecule has 106 valence electrons. The van der Waals surface area contributed by atoms with Crippen molar-refractivity contribution in [3.05, 3.63) is 69.5 Å². The second kappa shape index (κ2) is 7.07. The van der Waals surface area contributed by atoms with Gasteiger partial charge in [-0.2, -0.15) is 0 Å². The van der Waals surface area contributed by atoms with E-state index in [0.717, 1.165) is 24.1 Å². The first kappa shape index (κ1) is 15.3. The third-order valence-corrected chi connectivity index (χ3v) is 3.69. The Hall–Kier alpha value is -1.09. The summed E-state index contributed by atoms with van der Waals surface area (Å²) in [7, 11) is 0. The summed E-state index contributed by atoms with van der Waals surface area (Å²) in [5.41, 5.74) is 2.15. The molecule has 0 saturated heterocycles. The quantitative estimate of drug-likeness (QED) is 0.817. The average molecular weight is 312 g/mol. The number of halogens is 3. The highest BCUT2D eigenvalue weighted by atomic mass is 35.5. The zero-order valence-electron chi connectivity index (χ0n) is 11.2. The Labute approximate surface area is 128 Å². The van der Waals surface area contributed by atoms with Crippen LogP contribution in [-0.2, 0) is 6.42 Å². The van der Waals surface area contributed by atoms with Crippen molar-refractivity contribution in [3.8, 4) is 0 Å². The van der Waals surface area contributed by atoms with Gasteiger partial charge in [0.05, 0.1) is 5.02 Å². The highest BCUT2D eigenvalue weighted by Crippen LogP contribution is 2.23. The van der Waals surface area contributed by atoms with Crippen LogP contribution in [0.15, 0.2) is 42.5 Å². The molecule has 0 radical (unpaired) electrons. The fraction of sp³-hybridized carbons (Fsp3) is 0.250. The molecule has 0 bridgehead atoms. The molecular weight excluding hydrogens is 296 g/mol. The fourth-order valence-electron chi connectivity index (χ4n) is 2.15. The van der Waals surface area contributed by atoms with Gasteiger partial charge in [-0.1, -0.05) is 48.3 Å². The standard InChI is InChI=1S/C16H16Cl2FN/c1-2-20-16(12-4-6-13(17)7-5-12)10-11-3-8-15(19)14(18)9-11/h3-9,16,20H,2,10H2,1H3. The monoisotopic (exact) mass is 311 g/mol. The topological polar surface area (TPSA) is 12.0 Å². The molecule has 0 aliphatic carbocycles. The SMILES string of the molecule is CCNC(Cc1ccc(F)c(Cl)c1)c1ccc(Cl)cc1. The van der Waals surface area contributed by atoms with Crippen LogP contribution in [0.2, 0.25) is 10.0 Å². The van der Waals surface area contributed by atoms with Crippen LogP contribution in [0.25, 0.3) is 0 Å². The molecule has 0 aliphatic heterocycles. The third kappa shape index (κ3) is 3.95. The number of rotatable bonds is 5. The summed E-state index contributed by atoms with van der Waals surface area (Å²) in [6.07, 6.45) is 0.746. The molecule has 0 aliphatic rings. The van der Waals surface area contributed by atoms with Crippen molar-refractivity contribution in [2.24, 2.45) is 0 Å². The van der Waals surface area contributed by atoms with Gasteiger partial charge in [0.2, 0.25) is 0 Å². The first-order valence-electron chi connectivity index (χ1n) is 6.53. The van der Waals surface area contributed by atoms with Gasteiger partial charge in [0, 0.05) is 11.1 Å². The van der Waals surface area contributed by atoms with Crippen molar-refractivity contribution in [3.63, 3.8) is 0 Å². The summed E-state index contributed by atoms with van der Waals surface area (Å²) in [6.45, 7) is 2.91.